The van der Waals surface area contributed by atoms with Crippen molar-refractivity contribution in [2.45, 2.75) is 20.0 Å². The first-order valence-electron chi connectivity index (χ1n) is 10.5. The van der Waals surface area contributed by atoms with Gasteiger partial charge in [0.2, 0.25) is 0 Å². The van der Waals surface area contributed by atoms with Crippen molar-refractivity contribution in [1.82, 2.24) is 5.43 Å². The lowest BCUT2D eigenvalue weighted by Crippen LogP contribution is -2.32. The summed E-state index contributed by atoms with van der Waals surface area (Å²) >= 11 is 9.46. The molecule has 0 radical (unpaired) electrons. The molecule has 0 heterocycles. The first-order valence-corrected chi connectivity index (χ1v) is 11.7. The second-order valence-corrected chi connectivity index (χ2v) is 8.45. The van der Waals surface area contributed by atoms with E-state index in [0.29, 0.717) is 33.6 Å². The molecule has 0 aromatic heterocycles. The molecule has 0 saturated heterocycles. The zero-order valence-electron chi connectivity index (χ0n) is 18.9. The van der Waals surface area contributed by atoms with Crippen molar-refractivity contribution in [2.24, 2.45) is 5.10 Å². The first-order chi connectivity index (χ1) is 16.8. The molecule has 0 atom stereocenters. The van der Waals surface area contributed by atoms with Gasteiger partial charge in [-0.3, -0.25) is 9.59 Å². The minimum absolute atomic E-state index is 0.111. The van der Waals surface area contributed by atoms with Gasteiger partial charge in [-0.2, -0.15) is 5.10 Å². The van der Waals surface area contributed by atoms with Gasteiger partial charge in [-0.05, 0) is 63.8 Å². The van der Waals surface area contributed by atoms with E-state index in [0.717, 1.165) is 5.56 Å². The van der Waals surface area contributed by atoms with Crippen LogP contribution in [0.25, 0.3) is 0 Å². The van der Waals surface area contributed by atoms with Crippen molar-refractivity contribution >= 4 is 51.2 Å². The number of para-hydroxylation sites is 1. The van der Waals surface area contributed by atoms with E-state index in [4.69, 9.17) is 21.1 Å². The van der Waals surface area contributed by atoms with E-state index >= 15 is 0 Å². The molecule has 10 heteroatoms. The van der Waals surface area contributed by atoms with Gasteiger partial charge in [-0.15, -0.1) is 0 Å². The lowest BCUT2D eigenvalue weighted by Gasteiger charge is -2.14. The molecule has 7 nitrogen and oxygen atoms in total. The highest BCUT2D eigenvalue weighted by molar-refractivity contribution is 9.10. The number of anilines is 1. The van der Waals surface area contributed by atoms with Crippen LogP contribution >= 0.6 is 27.5 Å². The van der Waals surface area contributed by atoms with Crippen LogP contribution in [0.3, 0.4) is 0 Å². The van der Waals surface area contributed by atoms with Crippen molar-refractivity contribution in [3.8, 4) is 11.5 Å². The maximum absolute atomic E-state index is 14.0. The predicted octanol–water partition coefficient (Wildman–Crippen LogP) is 5.48. The standard InChI is InChI=1S/C25H22BrClFN3O4/c1-3-16-7-4-5-10-21(16)30-24(32)25(33)31-29-13-15-11-18(26)23(22(12-15)34-2)35-14-17-19(27)8-6-9-20(17)28/h4-13H,3,14H2,1-2H3,(H,30,32)(H,31,33)/b29-13+. The molecule has 35 heavy (non-hydrogen) atoms. The molecular formula is C25H22BrClFN3O4. The van der Waals surface area contributed by atoms with Crippen LogP contribution in [-0.4, -0.2) is 25.1 Å². The van der Waals surface area contributed by atoms with E-state index in [1.165, 1.54) is 25.5 Å². The molecule has 0 fully saturated rings. The number of nitrogens with one attached hydrogen (secondary N) is 2. The van der Waals surface area contributed by atoms with Crippen molar-refractivity contribution in [3.05, 3.63) is 86.6 Å². The molecule has 2 N–H and O–H groups in total. The Balaban J connectivity index is 1.66. The summed E-state index contributed by atoms with van der Waals surface area (Å²) in [6.45, 7) is 1.84. The Morgan fingerprint density at radius 3 is 2.63 bits per heavy atom. The van der Waals surface area contributed by atoms with Crippen LogP contribution in [0.15, 0.2) is 64.2 Å². The molecule has 0 unspecified atom stereocenters. The Morgan fingerprint density at radius 2 is 1.91 bits per heavy atom. The molecule has 0 bridgehead atoms. The third kappa shape index (κ3) is 6.80. The molecule has 0 spiro atoms. The second-order valence-electron chi connectivity index (χ2n) is 7.19. The molecule has 182 valence electrons. The summed E-state index contributed by atoms with van der Waals surface area (Å²) in [5.41, 5.74) is 4.44. The van der Waals surface area contributed by atoms with Crippen LogP contribution < -0.4 is 20.2 Å². The van der Waals surface area contributed by atoms with Gasteiger partial charge >= 0.3 is 11.8 Å². The number of hydrazone groups is 1. The van der Waals surface area contributed by atoms with Gasteiger partial charge in [-0.1, -0.05) is 42.8 Å². The van der Waals surface area contributed by atoms with E-state index in [-0.39, 0.29) is 17.2 Å². The molecule has 0 aliphatic heterocycles. The van der Waals surface area contributed by atoms with Gasteiger partial charge in [0.1, 0.15) is 12.4 Å². The molecule has 0 aliphatic carbocycles. The summed E-state index contributed by atoms with van der Waals surface area (Å²) in [6.07, 6.45) is 2.05. The van der Waals surface area contributed by atoms with Gasteiger partial charge in [0.25, 0.3) is 0 Å². The Kier molecular flexibility index (Phi) is 9.22. The van der Waals surface area contributed by atoms with Crippen molar-refractivity contribution < 1.29 is 23.5 Å². The maximum atomic E-state index is 14.0. The summed E-state index contributed by atoms with van der Waals surface area (Å²) < 4.78 is 25.7. The number of methoxy groups -OCH3 is 1. The van der Waals surface area contributed by atoms with Crippen LogP contribution in [0.1, 0.15) is 23.6 Å². The Hall–Kier alpha value is -3.43. The molecular weight excluding hydrogens is 541 g/mol. The second kappa shape index (κ2) is 12.3. The zero-order chi connectivity index (χ0) is 25.4. The average molecular weight is 563 g/mol. The summed E-state index contributed by atoms with van der Waals surface area (Å²) in [5, 5.41) is 6.67. The largest absolute Gasteiger partial charge is 0.493 e. The van der Waals surface area contributed by atoms with Crippen LogP contribution in [-0.2, 0) is 22.6 Å². The zero-order valence-corrected chi connectivity index (χ0v) is 21.2. The van der Waals surface area contributed by atoms with Crippen molar-refractivity contribution in [2.75, 3.05) is 12.4 Å². The number of hydrogen-bond donors (Lipinski definition) is 2. The predicted molar refractivity (Wildman–Crippen MR) is 137 cm³/mol. The topological polar surface area (TPSA) is 89.0 Å². The first kappa shape index (κ1) is 26.2. The van der Waals surface area contributed by atoms with Crippen LogP contribution in [0.4, 0.5) is 10.1 Å². The van der Waals surface area contributed by atoms with Gasteiger partial charge < -0.3 is 14.8 Å². The fourth-order valence-electron chi connectivity index (χ4n) is 3.11. The van der Waals surface area contributed by atoms with E-state index < -0.39 is 17.6 Å². The van der Waals surface area contributed by atoms with E-state index in [2.05, 4.69) is 31.8 Å². The number of benzene rings is 3. The molecule has 3 aromatic rings. The quantitative estimate of drug-likeness (QED) is 0.216. The van der Waals surface area contributed by atoms with Crippen LogP contribution in [0.2, 0.25) is 5.02 Å². The number of ether oxygens (including phenoxy) is 2. The number of rotatable bonds is 8. The monoisotopic (exact) mass is 561 g/mol. The molecule has 0 saturated carbocycles. The summed E-state index contributed by atoms with van der Waals surface area (Å²) in [4.78, 5) is 24.3. The van der Waals surface area contributed by atoms with Gasteiger partial charge in [-0.25, -0.2) is 9.82 Å². The fraction of sp³-hybridized carbons (Fsp3) is 0.160. The SMILES string of the molecule is CCc1ccccc1NC(=O)C(=O)N/N=C/c1cc(Br)c(OCc2c(F)cccc2Cl)c(OC)c1. The highest BCUT2D eigenvalue weighted by atomic mass is 79.9. The molecule has 3 aromatic carbocycles. The number of amides is 2. The molecule has 3 rings (SSSR count). The number of carbonyl (C=O) groups excluding carboxylic acids is 2. The van der Waals surface area contributed by atoms with Gasteiger partial charge in [0, 0.05) is 11.3 Å². The van der Waals surface area contributed by atoms with Gasteiger partial charge in [0.05, 0.1) is 22.8 Å². The maximum Gasteiger partial charge on any atom is 0.329 e. The van der Waals surface area contributed by atoms with Crippen LogP contribution in [0.5, 0.6) is 11.5 Å². The van der Waals surface area contributed by atoms with Crippen molar-refractivity contribution in [1.29, 1.82) is 0 Å². The van der Waals surface area contributed by atoms with E-state index in [1.54, 1.807) is 30.3 Å². The van der Waals surface area contributed by atoms with E-state index in [1.807, 2.05) is 19.1 Å². The number of carbonyl (C=O) groups is 2. The average Bonchev–Trinajstić information content (AvgIpc) is 2.84. The summed E-state index contributed by atoms with van der Waals surface area (Å²) in [6, 6.07) is 14.9. The normalized spacial score (nSPS) is 10.8. The highest BCUT2D eigenvalue weighted by Crippen LogP contribution is 2.37. The summed E-state index contributed by atoms with van der Waals surface area (Å²) in [5.74, 6) is -1.55. The Bertz CT molecular complexity index is 1250. The summed E-state index contributed by atoms with van der Waals surface area (Å²) in [7, 11) is 1.45. The smallest absolute Gasteiger partial charge is 0.329 e. The van der Waals surface area contributed by atoms with Gasteiger partial charge in [0.15, 0.2) is 11.5 Å². The van der Waals surface area contributed by atoms with E-state index in [9.17, 15) is 14.0 Å². The Labute approximate surface area is 215 Å². The lowest BCUT2D eigenvalue weighted by atomic mass is 10.1. The third-order valence-corrected chi connectivity index (χ3v) is 5.85. The van der Waals surface area contributed by atoms with Crippen LogP contribution in [0, 0.1) is 5.82 Å². The number of halogens is 3. The fourth-order valence-corrected chi connectivity index (χ4v) is 3.91. The molecule has 2 amide bonds. The third-order valence-electron chi connectivity index (χ3n) is 4.91. The number of hydrogen-bond acceptors (Lipinski definition) is 5. The Morgan fingerprint density at radius 1 is 1.14 bits per heavy atom. The number of aryl methyl sites for hydroxylation is 1. The molecule has 0 aliphatic rings. The highest BCUT2D eigenvalue weighted by Gasteiger charge is 2.16. The minimum Gasteiger partial charge on any atom is -0.493 e. The number of nitrogens with zero attached hydrogens (tertiary/aromatic N) is 1. The minimum atomic E-state index is -0.917. The van der Waals surface area contributed by atoms with Crippen molar-refractivity contribution in [3.63, 3.8) is 0 Å². The lowest BCUT2D eigenvalue weighted by molar-refractivity contribution is -0.136.